The highest BCUT2D eigenvalue weighted by Gasteiger charge is 2.43. The van der Waals surface area contributed by atoms with E-state index in [1.165, 1.54) is 134 Å². The molecule has 0 spiro atoms. The van der Waals surface area contributed by atoms with Crippen LogP contribution in [0.1, 0.15) is 176 Å². The topological polar surface area (TPSA) is 62.5 Å². The lowest BCUT2D eigenvalue weighted by molar-refractivity contribution is 0.304. The smallest absolute Gasteiger partial charge is 0.197 e. The number of rotatable bonds is 28. The number of aryl methyl sites for hydroxylation is 6. The first kappa shape index (κ1) is 60.7. The predicted molar refractivity (Wildman–Crippen MR) is 362 cm³/mol. The minimum absolute atomic E-state index is 0.000611. The second-order valence-corrected chi connectivity index (χ2v) is 24.7. The van der Waals surface area contributed by atoms with E-state index in [1.807, 2.05) is 84.9 Å². The van der Waals surface area contributed by atoms with E-state index in [9.17, 15) is 9.59 Å². The Kier molecular flexibility index (Phi) is 20.8. The maximum Gasteiger partial charge on any atom is 0.197 e. The molecule has 85 heavy (non-hydrogen) atoms. The molecular formula is C79H92N2O4. The number of fused-ring (bicyclic) bond motifs is 9. The van der Waals surface area contributed by atoms with Gasteiger partial charge in [0, 0.05) is 40.0 Å². The van der Waals surface area contributed by atoms with Gasteiger partial charge >= 0.3 is 0 Å². The molecule has 1 aliphatic rings. The lowest BCUT2D eigenvalue weighted by Gasteiger charge is -2.33. The van der Waals surface area contributed by atoms with Crippen molar-refractivity contribution in [2.75, 3.05) is 13.2 Å². The van der Waals surface area contributed by atoms with Crippen LogP contribution in [-0.4, -0.2) is 22.3 Å². The van der Waals surface area contributed by atoms with Gasteiger partial charge in [-0.2, -0.15) is 0 Å². The molecule has 0 aliphatic heterocycles. The van der Waals surface area contributed by atoms with Crippen LogP contribution in [0.15, 0.2) is 167 Å². The van der Waals surface area contributed by atoms with Gasteiger partial charge in [-0.1, -0.05) is 205 Å². The van der Waals surface area contributed by atoms with Crippen LogP contribution < -0.4 is 20.3 Å². The van der Waals surface area contributed by atoms with Crippen LogP contribution in [0.5, 0.6) is 11.5 Å². The fourth-order valence-electron chi connectivity index (χ4n) is 13.7. The van der Waals surface area contributed by atoms with E-state index in [0.717, 1.165) is 85.2 Å². The molecule has 442 valence electrons. The van der Waals surface area contributed by atoms with E-state index < -0.39 is 0 Å². The number of hydrogen-bond donors (Lipinski definition) is 0. The summed E-state index contributed by atoms with van der Waals surface area (Å²) in [5.41, 5.74) is 15.2. The number of hydrogen-bond acceptors (Lipinski definition) is 4. The molecular weight excluding hydrogens is 1040 g/mol. The molecule has 8 aromatic carbocycles. The Balaban J connectivity index is 0.000000202. The van der Waals surface area contributed by atoms with Crippen molar-refractivity contribution in [3.05, 3.63) is 212 Å². The van der Waals surface area contributed by atoms with E-state index in [1.54, 1.807) is 11.1 Å². The number of benzene rings is 8. The van der Waals surface area contributed by atoms with Crippen molar-refractivity contribution in [3.63, 3.8) is 0 Å². The van der Waals surface area contributed by atoms with Gasteiger partial charge in [-0.25, -0.2) is 0 Å². The van der Waals surface area contributed by atoms with Gasteiger partial charge in [-0.05, 0) is 178 Å². The van der Waals surface area contributed by atoms with Crippen molar-refractivity contribution >= 4 is 54.4 Å². The number of nitrogens with zero attached hydrogens (tertiary/aromatic N) is 2. The molecule has 0 N–H and O–H groups in total. The molecule has 6 nitrogen and oxygen atoms in total. The fourth-order valence-corrected chi connectivity index (χ4v) is 13.7. The third-order valence-corrected chi connectivity index (χ3v) is 18.3. The normalized spacial score (nSPS) is 12.5. The van der Waals surface area contributed by atoms with Crippen molar-refractivity contribution in [3.8, 4) is 22.6 Å². The second kappa shape index (κ2) is 29.1. The molecule has 0 atom stereocenters. The lowest BCUT2D eigenvalue weighted by Crippen LogP contribution is -2.26. The van der Waals surface area contributed by atoms with Crippen LogP contribution in [0.3, 0.4) is 0 Å². The molecule has 2 aromatic heterocycles. The number of ether oxygens (including phenoxy) is 2. The van der Waals surface area contributed by atoms with Crippen LogP contribution >= 0.6 is 0 Å². The Morgan fingerprint density at radius 1 is 0.365 bits per heavy atom. The quantitative estimate of drug-likeness (QED) is 0.0362. The average Bonchev–Trinajstić information content (AvgIpc) is 1.69. The van der Waals surface area contributed by atoms with Crippen molar-refractivity contribution < 1.29 is 9.47 Å². The molecule has 0 saturated carbocycles. The molecule has 0 fully saturated rings. The van der Waals surface area contributed by atoms with E-state index >= 15 is 0 Å². The van der Waals surface area contributed by atoms with Gasteiger partial charge in [0.05, 0.1) is 35.3 Å². The average molecular weight is 1130 g/mol. The van der Waals surface area contributed by atoms with Gasteiger partial charge in [0.25, 0.3) is 0 Å². The minimum Gasteiger partial charge on any atom is -0.494 e. The maximum absolute atomic E-state index is 14.1. The summed E-state index contributed by atoms with van der Waals surface area (Å²) >= 11 is 0. The molecule has 1 aliphatic carbocycles. The van der Waals surface area contributed by atoms with Crippen LogP contribution in [0, 0.1) is 27.7 Å². The summed E-state index contributed by atoms with van der Waals surface area (Å²) in [4.78, 5) is 28.1. The molecule has 0 bridgehead atoms. The van der Waals surface area contributed by atoms with Crippen LogP contribution in [0.25, 0.3) is 65.5 Å². The third kappa shape index (κ3) is 14.0. The van der Waals surface area contributed by atoms with E-state index in [-0.39, 0.29) is 16.3 Å². The molecule has 11 rings (SSSR count). The van der Waals surface area contributed by atoms with Gasteiger partial charge in [0.1, 0.15) is 11.5 Å². The highest BCUT2D eigenvalue weighted by atomic mass is 16.5. The summed E-state index contributed by atoms with van der Waals surface area (Å²) in [7, 11) is 0. The van der Waals surface area contributed by atoms with Gasteiger partial charge in [0.2, 0.25) is 0 Å². The van der Waals surface area contributed by atoms with Crippen molar-refractivity contribution in [1.29, 1.82) is 0 Å². The van der Waals surface area contributed by atoms with Crippen LogP contribution in [0.2, 0.25) is 0 Å². The largest absolute Gasteiger partial charge is 0.494 e. The highest BCUT2D eigenvalue weighted by molar-refractivity contribution is 6.05. The Bertz CT molecular complexity index is 3790. The van der Waals surface area contributed by atoms with Gasteiger partial charge < -0.3 is 18.6 Å². The van der Waals surface area contributed by atoms with Crippen LogP contribution in [0.4, 0.5) is 0 Å². The summed E-state index contributed by atoms with van der Waals surface area (Å²) in [6.45, 7) is 16.2. The SMILES string of the molecule is CCCCCCCCC1(CCCCCCCC)c2cc(C)ccc2-c2c1cc(C)c1ccccc21.Cc1ccc(OCCCCCn2c3ccccc3c(=O)c3cc4c(cc32)c(=O)c2ccccc2n4CCCCCOc2ccc(C)cc2)cc1. The maximum atomic E-state index is 14.1. The fraction of sp³-hybridized carbons (Fsp3) is 0.392. The monoisotopic (exact) mass is 1130 g/mol. The summed E-state index contributed by atoms with van der Waals surface area (Å²) < 4.78 is 16.4. The number of aromatic nitrogens is 2. The third-order valence-electron chi connectivity index (χ3n) is 18.3. The van der Waals surface area contributed by atoms with Gasteiger partial charge in [0.15, 0.2) is 10.9 Å². The second-order valence-electron chi connectivity index (χ2n) is 24.7. The first-order chi connectivity index (χ1) is 41.6. The van der Waals surface area contributed by atoms with Crippen molar-refractivity contribution in [1.82, 2.24) is 9.13 Å². The summed E-state index contributed by atoms with van der Waals surface area (Å²) in [6.07, 6.45) is 24.7. The highest BCUT2D eigenvalue weighted by Crippen LogP contribution is 2.57. The van der Waals surface area contributed by atoms with E-state index in [2.05, 4.69) is 123 Å². The zero-order valence-corrected chi connectivity index (χ0v) is 52.0. The summed E-state index contributed by atoms with van der Waals surface area (Å²) in [5, 5.41) is 5.58. The molecule has 0 radical (unpaired) electrons. The first-order valence-corrected chi connectivity index (χ1v) is 32.6. The molecule has 0 saturated heterocycles. The zero-order valence-electron chi connectivity index (χ0n) is 52.0. The summed E-state index contributed by atoms with van der Waals surface area (Å²) in [5.74, 6) is 1.79. The zero-order chi connectivity index (χ0) is 59.1. The molecule has 10 aromatic rings. The standard InChI is InChI=1S/C44H44N2O4.C35H48/c1-31-17-21-33(22-18-31)49-27-11-3-9-25-45-39-15-7-5-13-35(39)43(47)37-30-42-38(29-41(37)45)44(48)36-14-6-8-16-40(36)46(42)26-10-4-12-28-50-34-23-19-32(2)20-24-34;1-5-7-9-11-13-17-23-35(24-18-14-12-10-8-6-2)32-25-27(3)21-22-31(32)34-30-20-16-15-19-29(30)28(4)26-33(34)35/h5-8,13-24,29-30H,3-4,9-12,25-28H2,1-2H3;15-16,19-22,25-26H,5-14,17-18,23-24H2,1-4H3. The molecule has 0 unspecified atom stereocenters. The molecule has 0 amide bonds. The number of pyridine rings is 2. The number of para-hydroxylation sites is 2. The van der Waals surface area contributed by atoms with E-state index in [0.29, 0.717) is 34.8 Å². The van der Waals surface area contributed by atoms with Crippen molar-refractivity contribution in [2.45, 2.75) is 188 Å². The van der Waals surface area contributed by atoms with Gasteiger partial charge in [-0.15, -0.1) is 0 Å². The van der Waals surface area contributed by atoms with Crippen LogP contribution in [-0.2, 0) is 18.5 Å². The first-order valence-electron chi connectivity index (χ1n) is 32.6. The van der Waals surface area contributed by atoms with Gasteiger partial charge in [-0.3, -0.25) is 9.59 Å². The Morgan fingerprint density at radius 3 is 1.28 bits per heavy atom. The summed E-state index contributed by atoms with van der Waals surface area (Å²) in [6, 6.07) is 55.0. The Morgan fingerprint density at radius 2 is 0.788 bits per heavy atom. The van der Waals surface area contributed by atoms with Crippen molar-refractivity contribution in [2.24, 2.45) is 0 Å². The number of unbranched alkanes of at least 4 members (excludes halogenated alkanes) is 14. The lowest BCUT2D eigenvalue weighted by atomic mass is 9.70. The molecule has 6 heteroatoms. The minimum atomic E-state index is 0.000611. The van der Waals surface area contributed by atoms with E-state index in [4.69, 9.17) is 9.47 Å². The Labute approximate surface area is 506 Å². The Hall–Kier alpha value is -7.44. The predicted octanol–water partition coefficient (Wildman–Crippen LogP) is 21.0. The molecule has 2 heterocycles.